The van der Waals surface area contributed by atoms with E-state index in [9.17, 15) is 0 Å². The molecule has 0 aromatic heterocycles. The predicted octanol–water partition coefficient (Wildman–Crippen LogP) is 0.267. The van der Waals surface area contributed by atoms with Crippen LogP contribution in [-0.4, -0.2) is 28.3 Å². The predicted molar refractivity (Wildman–Crippen MR) is 51.3 cm³/mol. The molecule has 0 spiro atoms. The lowest BCUT2D eigenvalue weighted by atomic mass is 10.2. The molecule has 0 aliphatic carbocycles. The summed E-state index contributed by atoms with van der Waals surface area (Å²) in [5, 5.41) is 21.7. The van der Waals surface area contributed by atoms with Gasteiger partial charge in [-0.1, -0.05) is 5.11 Å². The summed E-state index contributed by atoms with van der Waals surface area (Å²) in [6.07, 6.45) is 1.79. The van der Waals surface area contributed by atoms with Gasteiger partial charge >= 0.3 is 0 Å². The Kier molecular flexibility index (Phi) is 7.00. The number of rotatable bonds is 2. The first kappa shape index (κ1) is 13.1. The van der Waals surface area contributed by atoms with E-state index in [2.05, 4.69) is 10.0 Å². The van der Waals surface area contributed by atoms with E-state index >= 15 is 0 Å². The van der Waals surface area contributed by atoms with Gasteiger partial charge in [0.15, 0.2) is 0 Å². The van der Waals surface area contributed by atoms with Gasteiger partial charge in [-0.3, -0.25) is 0 Å². The number of azide groups is 1. The fraction of sp³-hybridized carbons (Fsp3) is 0.857. The van der Waals surface area contributed by atoms with Crippen LogP contribution in [-0.2, 0) is 4.79 Å². The van der Waals surface area contributed by atoms with Gasteiger partial charge in [0.05, 0.1) is 5.44 Å². The van der Waals surface area contributed by atoms with E-state index in [4.69, 9.17) is 20.5 Å². The lowest BCUT2D eigenvalue weighted by molar-refractivity contribution is -0.302. The number of aliphatic hydroxyl groups is 1. The maximum absolute atomic E-state index is 9.03. The molecule has 1 fully saturated rings. The van der Waals surface area contributed by atoms with Crippen molar-refractivity contribution in [3.63, 3.8) is 0 Å². The molecule has 1 heterocycles. The summed E-state index contributed by atoms with van der Waals surface area (Å²) < 4.78 is 0. The second-order valence-corrected chi connectivity index (χ2v) is 4.18. The molecule has 1 N–H and O–H groups in total. The Labute approximate surface area is 85.9 Å². The average Bonchev–Trinajstić information content (AvgIpc) is 2.47. The quantitative estimate of drug-likeness (QED) is 0.407. The lowest BCUT2D eigenvalue weighted by Gasteiger charge is -2.01. The van der Waals surface area contributed by atoms with Crippen LogP contribution in [0.5, 0.6) is 0 Å². The van der Waals surface area contributed by atoms with Crippen molar-refractivity contribution in [3.8, 4) is 0 Å². The highest BCUT2D eigenvalue weighted by Gasteiger charge is 2.22. The first-order valence-corrected chi connectivity index (χ1v) is 5.02. The molecular weight excluding hydrogens is 206 g/mol. The SMILES string of the molecule is CC(=O)[O-].[N-]=[N+]=NCC1CCC(O)S1. The highest BCUT2D eigenvalue weighted by molar-refractivity contribution is 8.00. The number of carbonyl (C=O) groups excluding carboxylic acids is 1. The van der Waals surface area contributed by atoms with Gasteiger partial charge in [0.1, 0.15) is 0 Å². The van der Waals surface area contributed by atoms with Crippen LogP contribution in [0.25, 0.3) is 10.4 Å². The molecule has 1 aliphatic heterocycles. The highest BCUT2D eigenvalue weighted by atomic mass is 32.2. The molecule has 2 atom stereocenters. The fourth-order valence-electron chi connectivity index (χ4n) is 0.949. The maximum Gasteiger partial charge on any atom is 0.0995 e. The molecular formula is C7H12N3O3S-. The summed E-state index contributed by atoms with van der Waals surface area (Å²) in [7, 11) is 0. The molecule has 0 radical (unpaired) electrons. The zero-order valence-electron chi connectivity index (χ0n) is 7.79. The van der Waals surface area contributed by atoms with Gasteiger partial charge in [-0.15, -0.1) is 11.8 Å². The number of hydrogen-bond donors (Lipinski definition) is 1. The van der Waals surface area contributed by atoms with Crippen molar-refractivity contribution in [3.05, 3.63) is 10.4 Å². The first-order valence-electron chi connectivity index (χ1n) is 4.08. The summed E-state index contributed by atoms with van der Waals surface area (Å²) in [5.74, 6) is -1.08. The Balaban J connectivity index is 0.000000364. The van der Waals surface area contributed by atoms with E-state index in [1.807, 2.05) is 0 Å². The van der Waals surface area contributed by atoms with Crippen molar-refractivity contribution in [1.29, 1.82) is 0 Å². The van der Waals surface area contributed by atoms with E-state index in [-0.39, 0.29) is 5.44 Å². The normalized spacial score (nSPS) is 24.4. The van der Waals surface area contributed by atoms with Crippen LogP contribution in [0.3, 0.4) is 0 Å². The maximum atomic E-state index is 9.03. The topological polar surface area (TPSA) is 109 Å². The van der Waals surface area contributed by atoms with Crippen LogP contribution in [0.2, 0.25) is 0 Å². The van der Waals surface area contributed by atoms with Gasteiger partial charge in [-0.2, -0.15) is 0 Å². The Morgan fingerprint density at radius 1 is 1.79 bits per heavy atom. The molecule has 0 saturated carbocycles. The number of carboxylic acid groups (broad SMARTS) is 1. The zero-order chi connectivity index (χ0) is 11.0. The molecule has 7 heteroatoms. The molecule has 1 aliphatic rings. The highest BCUT2D eigenvalue weighted by Crippen LogP contribution is 2.31. The van der Waals surface area contributed by atoms with Crippen molar-refractivity contribution >= 4 is 17.7 Å². The van der Waals surface area contributed by atoms with Crippen LogP contribution in [0, 0.1) is 0 Å². The van der Waals surface area contributed by atoms with E-state index in [0.29, 0.717) is 11.8 Å². The van der Waals surface area contributed by atoms with Crippen molar-refractivity contribution in [1.82, 2.24) is 0 Å². The van der Waals surface area contributed by atoms with Gasteiger partial charge in [0.25, 0.3) is 0 Å². The Morgan fingerprint density at radius 3 is 2.71 bits per heavy atom. The van der Waals surface area contributed by atoms with Crippen LogP contribution in [0.4, 0.5) is 0 Å². The molecule has 80 valence electrons. The minimum absolute atomic E-state index is 0.237. The number of carbonyl (C=O) groups is 1. The van der Waals surface area contributed by atoms with E-state index in [0.717, 1.165) is 19.8 Å². The Morgan fingerprint density at radius 2 is 2.36 bits per heavy atom. The second-order valence-electron chi connectivity index (χ2n) is 2.70. The lowest BCUT2D eigenvalue weighted by Crippen LogP contribution is -2.16. The minimum atomic E-state index is -1.08. The van der Waals surface area contributed by atoms with Crippen LogP contribution in [0.15, 0.2) is 5.11 Å². The number of aliphatic hydroxyl groups excluding tert-OH is 1. The number of hydrogen-bond acceptors (Lipinski definition) is 5. The molecule has 0 aromatic rings. The van der Waals surface area contributed by atoms with Crippen LogP contribution in [0.1, 0.15) is 19.8 Å². The Hall–Kier alpha value is -0.910. The molecule has 1 rings (SSSR count). The summed E-state index contributed by atoms with van der Waals surface area (Å²) >= 11 is 1.50. The second kappa shape index (κ2) is 7.49. The Bertz CT molecular complexity index is 226. The number of carboxylic acids is 1. The van der Waals surface area contributed by atoms with E-state index in [1.54, 1.807) is 0 Å². The first-order chi connectivity index (χ1) is 6.56. The fourth-order valence-corrected chi connectivity index (χ4v) is 2.09. The van der Waals surface area contributed by atoms with Crippen molar-refractivity contribution in [2.24, 2.45) is 5.11 Å². The molecule has 1 saturated heterocycles. The monoisotopic (exact) mass is 218 g/mol. The zero-order valence-corrected chi connectivity index (χ0v) is 8.61. The molecule has 2 unspecified atom stereocenters. The van der Waals surface area contributed by atoms with Gasteiger partial charge in [-0.05, 0) is 25.3 Å². The van der Waals surface area contributed by atoms with Crippen molar-refractivity contribution in [2.45, 2.75) is 30.5 Å². The smallest absolute Gasteiger partial charge is 0.0995 e. The minimum Gasteiger partial charge on any atom is -0.550 e. The van der Waals surface area contributed by atoms with Gasteiger partial charge in [0.2, 0.25) is 0 Å². The van der Waals surface area contributed by atoms with Gasteiger partial charge < -0.3 is 15.0 Å². The number of nitrogens with zero attached hydrogens (tertiary/aromatic N) is 3. The van der Waals surface area contributed by atoms with Crippen LogP contribution >= 0.6 is 11.8 Å². The molecule has 0 aromatic carbocycles. The summed E-state index contributed by atoms with van der Waals surface area (Å²) in [4.78, 5) is 11.5. The standard InChI is InChI=1S/C5H9N3OS.C2H4O2/c6-8-7-3-4-1-2-5(9)10-4;1-2(3)4/h4-5,9H,1-3H2;1H3,(H,3,4)/p-1. The van der Waals surface area contributed by atoms with E-state index in [1.165, 1.54) is 11.8 Å². The summed E-state index contributed by atoms with van der Waals surface area (Å²) in [6, 6.07) is 0. The molecule has 6 nitrogen and oxygen atoms in total. The number of thioether (sulfide) groups is 1. The van der Waals surface area contributed by atoms with Crippen molar-refractivity contribution in [2.75, 3.05) is 6.54 Å². The van der Waals surface area contributed by atoms with E-state index < -0.39 is 5.97 Å². The largest absolute Gasteiger partial charge is 0.550 e. The third-order valence-corrected chi connectivity index (χ3v) is 2.75. The number of aliphatic carboxylic acids is 1. The molecule has 14 heavy (non-hydrogen) atoms. The van der Waals surface area contributed by atoms with Gasteiger partial charge in [-0.25, -0.2) is 0 Å². The average molecular weight is 218 g/mol. The van der Waals surface area contributed by atoms with Gasteiger partial charge in [0, 0.05) is 22.7 Å². The summed E-state index contributed by atoms with van der Waals surface area (Å²) in [5.41, 5.74) is 7.74. The molecule has 0 bridgehead atoms. The third-order valence-electron chi connectivity index (χ3n) is 1.43. The van der Waals surface area contributed by atoms with Crippen LogP contribution < -0.4 is 5.11 Å². The third kappa shape index (κ3) is 7.72. The molecule has 0 amide bonds. The van der Waals surface area contributed by atoms with Crippen molar-refractivity contribution < 1.29 is 15.0 Å². The summed E-state index contributed by atoms with van der Waals surface area (Å²) in [6.45, 7) is 1.48.